The molecule has 1 rings (SSSR count). The van der Waals surface area contributed by atoms with E-state index in [4.69, 9.17) is 4.74 Å². The van der Waals surface area contributed by atoms with E-state index in [2.05, 4.69) is 6.58 Å². The van der Waals surface area contributed by atoms with Crippen molar-refractivity contribution in [2.75, 3.05) is 6.54 Å². The number of amides is 1. The van der Waals surface area contributed by atoms with Crippen LogP contribution in [0.4, 0.5) is 4.79 Å². The lowest BCUT2D eigenvalue weighted by atomic mass is 10.1. The number of rotatable bonds is 2. The first-order valence-corrected chi connectivity index (χ1v) is 5.21. The summed E-state index contributed by atoms with van der Waals surface area (Å²) < 4.78 is 5.26. The van der Waals surface area contributed by atoms with E-state index in [-0.39, 0.29) is 6.09 Å². The number of hydrogen-bond donors (Lipinski definition) is 0. The summed E-state index contributed by atoms with van der Waals surface area (Å²) in [5, 5.41) is 0. The molecule has 3 nitrogen and oxygen atoms in total. The van der Waals surface area contributed by atoms with Crippen LogP contribution in [0.25, 0.3) is 0 Å². The van der Waals surface area contributed by atoms with Crippen molar-refractivity contribution in [2.45, 2.75) is 32.8 Å². The Morgan fingerprint density at radius 2 is 2.33 bits per heavy atom. The minimum absolute atomic E-state index is 0.273. The Kier molecular flexibility index (Phi) is 3.56. The molecule has 0 bridgehead atoms. The summed E-state index contributed by atoms with van der Waals surface area (Å²) in [6.07, 6.45) is 6.31. The van der Waals surface area contributed by atoms with Crippen molar-refractivity contribution in [3.8, 4) is 0 Å². The van der Waals surface area contributed by atoms with Gasteiger partial charge in [-0.05, 0) is 27.2 Å². The molecule has 15 heavy (non-hydrogen) atoms. The molecule has 3 heteroatoms. The number of allylic oxidation sites excluding steroid dienone is 1. The quantitative estimate of drug-likeness (QED) is 0.654. The van der Waals surface area contributed by atoms with Gasteiger partial charge in [0.05, 0.1) is 0 Å². The van der Waals surface area contributed by atoms with Gasteiger partial charge in [-0.25, -0.2) is 4.79 Å². The van der Waals surface area contributed by atoms with Gasteiger partial charge in [-0.15, -0.1) is 6.58 Å². The van der Waals surface area contributed by atoms with Crippen LogP contribution in [0.3, 0.4) is 0 Å². The largest absolute Gasteiger partial charge is 0.443 e. The van der Waals surface area contributed by atoms with Crippen molar-refractivity contribution in [3.05, 3.63) is 24.9 Å². The van der Waals surface area contributed by atoms with Gasteiger partial charge in [-0.1, -0.05) is 12.2 Å². The summed E-state index contributed by atoms with van der Waals surface area (Å²) in [5.41, 5.74) is -0.429. The van der Waals surface area contributed by atoms with Crippen LogP contribution in [0.2, 0.25) is 0 Å². The van der Waals surface area contributed by atoms with Crippen molar-refractivity contribution in [2.24, 2.45) is 5.92 Å². The molecule has 0 fully saturated rings. The Hall–Kier alpha value is -1.25. The minimum atomic E-state index is -0.429. The highest BCUT2D eigenvalue weighted by molar-refractivity contribution is 5.69. The summed E-state index contributed by atoms with van der Waals surface area (Å²) in [7, 11) is 0. The van der Waals surface area contributed by atoms with Crippen LogP contribution in [0, 0.1) is 5.92 Å². The number of ether oxygens (including phenoxy) is 1. The van der Waals surface area contributed by atoms with Crippen LogP contribution in [0.15, 0.2) is 24.9 Å². The monoisotopic (exact) mass is 209 g/mol. The summed E-state index contributed by atoms with van der Waals surface area (Å²) in [6.45, 7) is 9.98. The minimum Gasteiger partial charge on any atom is -0.443 e. The zero-order chi connectivity index (χ0) is 11.5. The van der Waals surface area contributed by atoms with E-state index >= 15 is 0 Å². The number of hydrogen-bond acceptors (Lipinski definition) is 2. The Morgan fingerprint density at radius 1 is 1.67 bits per heavy atom. The van der Waals surface area contributed by atoms with Crippen molar-refractivity contribution in [1.29, 1.82) is 0 Å². The molecule has 0 aromatic carbocycles. The van der Waals surface area contributed by atoms with E-state index in [1.54, 1.807) is 11.1 Å². The SMILES string of the molecule is C=CCC1C=CN(C(=O)OC(C)(C)C)C1. The lowest BCUT2D eigenvalue weighted by molar-refractivity contribution is 0.0338. The fourth-order valence-electron chi connectivity index (χ4n) is 1.42. The Morgan fingerprint density at radius 3 is 2.87 bits per heavy atom. The molecule has 0 N–H and O–H groups in total. The second-order valence-corrected chi connectivity index (χ2v) is 4.76. The first kappa shape index (κ1) is 11.8. The number of nitrogens with zero attached hydrogens (tertiary/aromatic N) is 1. The molecule has 0 saturated carbocycles. The molecule has 0 radical (unpaired) electrons. The van der Waals surface area contributed by atoms with E-state index in [1.807, 2.05) is 32.9 Å². The van der Waals surface area contributed by atoms with Crippen LogP contribution in [-0.2, 0) is 4.74 Å². The van der Waals surface area contributed by atoms with Gasteiger partial charge in [-0.3, -0.25) is 4.90 Å². The second-order valence-electron chi connectivity index (χ2n) is 4.76. The molecule has 0 aromatic heterocycles. The van der Waals surface area contributed by atoms with Gasteiger partial charge < -0.3 is 4.74 Å². The molecule has 1 heterocycles. The van der Waals surface area contributed by atoms with Gasteiger partial charge >= 0.3 is 6.09 Å². The molecule has 1 aliphatic rings. The lowest BCUT2D eigenvalue weighted by Gasteiger charge is -2.23. The highest BCUT2D eigenvalue weighted by Crippen LogP contribution is 2.19. The molecule has 0 saturated heterocycles. The van der Waals surface area contributed by atoms with Crippen molar-refractivity contribution in [1.82, 2.24) is 4.90 Å². The van der Waals surface area contributed by atoms with Crippen molar-refractivity contribution < 1.29 is 9.53 Å². The fraction of sp³-hybridized carbons (Fsp3) is 0.583. The number of carbonyl (C=O) groups is 1. The van der Waals surface area contributed by atoms with Gasteiger partial charge in [0.2, 0.25) is 0 Å². The van der Waals surface area contributed by atoms with Gasteiger partial charge in [0.15, 0.2) is 0 Å². The zero-order valence-electron chi connectivity index (χ0n) is 9.69. The highest BCUT2D eigenvalue weighted by atomic mass is 16.6. The van der Waals surface area contributed by atoms with Crippen LogP contribution >= 0.6 is 0 Å². The van der Waals surface area contributed by atoms with E-state index < -0.39 is 5.60 Å². The Labute approximate surface area is 91.4 Å². The standard InChI is InChI=1S/C12H19NO2/c1-5-6-10-7-8-13(9-10)11(14)15-12(2,3)4/h5,7-8,10H,1,6,9H2,2-4H3. The first-order chi connectivity index (χ1) is 6.92. The first-order valence-electron chi connectivity index (χ1n) is 5.21. The maximum Gasteiger partial charge on any atom is 0.414 e. The van der Waals surface area contributed by atoms with Gasteiger partial charge in [0, 0.05) is 18.7 Å². The van der Waals surface area contributed by atoms with E-state index in [0.29, 0.717) is 12.5 Å². The fourth-order valence-corrected chi connectivity index (χ4v) is 1.42. The summed E-state index contributed by atoms with van der Waals surface area (Å²) >= 11 is 0. The van der Waals surface area contributed by atoms with E-state index in [9.17, 15) is 4.79 Å². The van der Waals surface area contributed by atoms with Gasteiger partial charge in [0.25, 0.3) is 0 Å². The predicted molar refractivity (Wildman–Crippen MR) is 60.4 cm³/mol. The van der Waals surface area contributed by atoms with E-state index in [0.717, 1.165) is 6.42 Å². The summed E-state index contributed by atoms with van der Waals surface area (Å²) in [5.74, 6) is 0.384. The van der Waals surface area contributed by atoms with Crippen LogP contribution in [0.5, 0.6) is 0 Å². The normalized spacial score (nSPS) is 20.5. The van der Waals surface area contributed by atoms with Gasteiger partial charge in [0.1, 0.15) is 5.60 Å². The second kappa shape index (κ2) is 4.51. The lowest BCUT2D eigenvalue weighted by Crippen LogP contribution is -2.33. The zero-order valence-corrected chi connectivity index (χ0v) is 9.69. The third-order valence-corrected chi connectivity index (χ3v) is 2.07. The summed E-state index contributed by atoms with van der Waals surface area (Å²) in [6, 6.07) is 0. The molecule has 84 valence electrons. The molecule has 1 amide bonds. The molecular formula is C12H19NO2. The Balaban J connectivity index is 2.44. The number of carbonyl (C=O) groups excluding carboxylic acids is 1. The third-order valence-electron chi connectivity index (χ3n) is 2.07. The van der Waals surface area contributed by atoms with Crippen LogP contribution in [-0.4, -0.2) is 23.1 Å². The molecule has 1 unspecified atom stereocenters. The molecule has 0 aromatic rings. The Bertz CT molecular complexity index is 276. The predicted octanol–water partition coefficient (Wildman–Crippen LogP) is 2.94. The molecular weight excluding hydrogens is 190 g/mol. The maximum absolute atomic E-state index is 11.6. The average Bonchev–Trinajstić information content (AvgIpc) is 2.50. The summed E-state index contributed by atoms with van der Waals surface area (Å²) in [4.78, 5) is 13.2. The van der Waals surface area contributed by atoms with E-state index in [1.165, 1.54) is 0 Å². The van der Waals surface area contributed by atoms with Crippen LogP contribution < -0.4 is 0 Å². The third kappa shape index (κ3) is 3.78. The van der Waals surface area contributed by atoms with Gasteiger partial charge in [-0.2, -0.15) is 0 Å². The van der Waals surface area contributed by atoms with Crippen LogP contribution in [0.1, 0.15) is 27.2 Å². The smallest absolute Gasteiger partial charge is 0.414 e. The molecule has 1 atom stereocenters. The average molecular weight is 209 g/mol. The molecule has 1 aliphatic heterocycles. The maximum atomic E-state index is 11.6. The van der Waals surface area contributed by atoms with Crippen molar-refractivity contribution in [3.63, 3.8) is 0 Å². The topological polar surface area (TPSA) is 29.5 Å². The van der Waals surface area contributed by atoms with Crippen molar-refractivity contribution >= 4 is 6.09 Å². The molecule has 0 spiro atoms. The molecule has 0 aliphatic carbocycles. The highest BCUT2D eigenvalue weighted by Gasteiger charge is 2.25.